The first-order valence-electron chi connectivity index (χ1n) is 14.2. The van der Waals surface area contributed by atoms with E-state index in [1.165, 1.54) is 128 Å². The van der Waals surface area contributed by atoms with Crippen molar-refractivity contribution in [3.63, 3.8) is 0 Å². The molecule has 184 valence electrons. The number of rotatable bonds is 23. The van der Waals surface area contributed by atoms with Gasteiger partial charge in [0.2, 0.25) is 5.91 Å². The summed E-state index contributed by atoms with van der Waals surface area (Å²) in [6, 6.07) is 9.75. The molecular weight excluding hydrogens is 390 g/mol. The largest absolute Gasteiger partial charge is 0.326 e. The Morgan fingerprint density at radius 2 is 0.875 bits per heavy atom. The molecule has 32 heavy (non-hydrogen) atoms. The summed E-state index contributed by atoms with van der Waals surface area (Å²) in [5.41, 5.74) is 0.904. The summed E-state index contributed by atoms with van der Waals surface area (Å²) in [6.45, 7) is 2.29. The van der Waals surface area contributed by atoms with Gasteiger partial charge in [-0.25, -0.2) is 0 Å². The summed E-state index contributed by atoms with van der Waals surface area (Å²) in [5, 5.41) is 2.97. The van der Waals surface area contributed by atoms with Crippen LogP contribution in [0.15, 0.2) is 30.3 Å². The van der Waals surface area contributed by atoms with Crippen LogP contribution < -0.4 is 5.32 Å². The van der Waals surface area contributed by atoms with Crippen LogP contribution in [0.2, 0.25) is 0 Å². The number of nitrogens with one attached hydrogen (secondary N) is 1. The van der Waals surface area contributed by atoms with E-state index in [2.05, 4.69) is 12.2 Å². The molecule has 1 amide bonds. The monoisotopic (exact) mass is 443 g/mol. The van der Waals surface area contributed by atoms with E-state index >= 15 is 0 Å². The van der Waals surface area contributed by atoms with Crippen LogP contribution in [0.1, 0.15) is 148 Å². The molecule has 0 aromatic heterocycles. The zero-order valence-corrected chi connectivity index (χ0v) is 21.4. The molecule has 0 aliphatic rings. The minimum atomic E-state index is 0.147. The molecule has 0 unspecified atom stereocenters. The molecule has 1 aromatic carbocycles. The number of benzene rings is 1. The third kappa shape index (κ3) is 19.4. The molecule has 1 N–H and O–H groups in total. The molecule has 1 aromatic rings. The van der Waals surface area contributed by atoms with E-state index in [0.29, 0.717) is 6.42 Å². The van der Waals surface area contributed by atoms with Crippen molar-refractivity contribution in [2.24, 2.45) is 0 Å². The van der Waals surface area contributed by atoms with Crippen LogP contribution in [0, 0.1) is 0 Å². The molecule has 0 bridgehead atoms. The van der Waals surface area contributed by atoms with Crippen molar-refractivity contribution in [3.8, 4) is 0 Å². The number of para-hydroxylation sites is 1. The lowest BCUT2D eigenvalue weighted by molar-refractivity contribution is -0.116. The first-order chi connectivity index (χ1) is 15.8. The van der Waals surface area contributed by atoms with Crippen LogP contribution in [-0.4, -0.2) is 5.91 Å². The Morgan fingerprint density at radius 3 is 1.25 bits per heavy atom. The Kier molecular flexibility index (Phi) is 20.5. The van der Waals surface area contributed by atoms with E-state index < -0.39 is 0 Å². The second kappa shape index (κ2) is 22.9. The van der Waals surface area contributed by atoms with Crippen molar-refractivity contribution >= 4 is 11.6 Å². The van der Waals surface area contributed by atoms with Gasteiger partial charge in [-0.05, 0) is 18.6 Å². The molecule has 2 heteroatoms. The molecule has 0 aliphatic heterocycles. The maximum Gasteiger partial charge on any atom is 0.224 e. The standard InChI is InChI=1S/C30H53NO/c1-2-3-4-5-6-7-8-9-10-11-12-13-14-15-16-17-18-19-20-21-25-28-30(32)31-29-26-23-22-24-27-29/h22-24,26-27H,2-21,25,28H2,1H3,(H,31,32). The summed E-state index contributed by atoms with van der Waals surface area (Å²) in [6.07, 6.45) is 29.9. The fourth-order valence-electron chi connectivity index (χ4n) is 4.46. The van der Waals surface area contributed by atoms with Crippen molar-refractivity contribution in [1.82, 2.24) is 0 Å². The summed E-state index contributed by atoms with van der Waals surface area (Å²) < 4.78 is 0. The molecular formula is C30H53NO. The molecule has 2 nitrogen and oxygen atoms in total. The predicted octanol–water partition coefficient (Wildman–Crippen LogP) is 10.2. The van der Waals surface area contributed by atoms with Crippen LogP contribution in [0.5, 0.6) is 0 Å². The van der Waals surface area contributed by atoms with Crippen molar-refractivity contribution in [2.75, 3.05) is 5.32 Å². The Bertz CT molecular complexity index is 513. The highest BCUT2D eigenvalue weighted by Gasteiger charge is 2.01. The first kappa shape index (κ1) is 28.7. The van der Waals surface area contributed by atoms with Crippen LogP contribution in [-0.2, 0) is 4.79 Å². The number of hydrogen-bond donors (Lipinski definition) is 1. The van der Waals surface area contributed by atoms with E-state index in [4.69, 9.17) is 0 Å². The zero-order valence-electron chi connectivity index (χ0n) is 21.4. The molecule has 0 spiro atoms. The Hall–Kier alpha value is -1.31. The van der Waals surface area contributed by atoms with Gasteiger partial charge in [0.05, 0.1) is 0 Å². The predicted molar refractivity (Wildman–Crippen MR) is 142 cm³/mol. The fraction of sp³-hybridized carbons (Fsp3) is 0.767. The van der Waals surface area contributed by atoms with Gasteiger partial charge in [0, 0.05) is 12.1 Å². The number of amides is 1. The summed E-state index contributed by atoms with van der Waals surface area (Å²) in [7, 11) is 0. The number of carbonyl (C=O) groups excluding carboxylic acids is 1. The molecule has 0 atom stereocenters. The van der Waals surface area contributed by atoms with Crippen molar-refractivity contribution in [2.45, 2.75) is 148 Å². The highest BCUT2D eigenvalue weighted by atomic mass is 16.1. The minimum Gasteiger partial charge on any atom is -0.326 e. The zero-order chi connectivity index (χ0) is 23.0. The Morgan fingerprint density at radius 1 is 0.531 bits per heavy atom. The van der Waals surface area contributed by atoms with Gasteiger partial charge in [-0.2, -0.15) is 0 Å². The van der Waals surface area contributed by atoms with Crippen LogP contribution >= 0.6 is 0 Å². The third-order valence-corrected chi connectivity index (χ3v) is 6.56. The molecule has 0 fully saturated rings. The normalized spacial score (nSPS) is 11.0. The number of carbonyl (C=O) groups is 1. The Balaban J connectivity index is 1.70. The topological polar surface area (TPSA) is 29.1 Å². The van der Waals surface area contributed by atoms with Gasteiger partial charge in [-0.1, -0.05) is 154 Å². The first-order valence-corrected chi connectivity index (χ1v) is 14.2. The smallest absolute Gasteiger partial charge is 0.224 e. The maximum atomic E-state index is 11.9. The molecule has 0 radical (unpaired) electrons. The van der Waals surface area contributed by atoms with Gasteiger partial charge in [0.1, 0.15) is 0 Å². The lowest BCUT2D eigenvalue weighted by atomic mass is 10.0. The van der Waals surface area contributed by atoms with E-state index in [1.807, 2.05) is 30.3 Å². The van der Waals surface area contributed by atoms with Gasteiger partial charge in [0.15, 0.2) is 0 Å². The van der Waals surface area contributed by atoms with Crippen LogP contribution in [0.4, 0.5) is 5.69 Å². The number of unbranched alkanes of at least 4 members (excludes halogenated alkanes) is 20. The minimum absolute atomic E-state index is 0.147. The fourth-order valence-corrected chi connectivity index (χ4v) is 4.46. The highest BCUT2D eigenvalue weighted by Crippen LogP contribution is 2.15. The average molecular weight is 444 g/mol. The van der Waals surface area contributed by atoms with E-state index in [1.54, 1.807) is 0 Å². The second-order valence-corrected chi connectivity index (χ2v) is 9.74. The van der Waals surface area contributed by atoms with E-state index in [0.717, 1.165) is 12.1 Å². The van der Waals surface area contributed by atoms with Gasteiger partial charge < -0.3 is 5.32 Å². The van der Waals surface area contributed by atoms with Gasteiger partial charge in [-0.15, -0.1) is 0 Å². The molecule has 0 saturated heterocycles. The molecule has 0 heterocycles. The van der Waals surface area contributed by atoms with Crippen LogP contribution in [0.25, 0.3) is 0 Å². The SMILES string of the molecule is CCCCCCCCCCCCCCCCCCCCCCCC(=O)Nc1ccccc1. The number of hydrogen-bond acceptors (Lipinski definition) is 1. The van der Waals surface area contributed by atoms with Gasteiger partial charge in [-0.3, -0.25) is 4.79 Å². The summed E-state index contributed by atoms with van der Waals surface area (Å²) >= 11 is 0. The van der Waals surface area contributed by atoms with Crippen molar-refractivity contribution < 1.29 is 4.79 Å². The van der Waals surface area contributed by atoms with E-state index in [9.17, 15) is 4.79 Å². The second-order valence-electron chi connectivity index (χ2n) is 9.74. The average Bonchev–Trinajstić information content (AvgIpc) is 2.80. The lowest BCUT2D eigenvalue weighted by Crippen LogP contribution is -2.10. The third-order valence-electron chi connectivity index (χ3n) is 6.56. The summed E-state index contributed by atoms with van der Waals surface area (Å²) in [4.78, 5) is 11.9. The lowest BCUT2D eigenvalue weighted by Gasteiger charge is -2.05. The quantitative estimate of drug-likeness (QED) is 0.167. The van der Waals surface area contributed by atoms with E-state index in [-0.39, 0.29) is 5.91 Å². The summed E-state index contributed by atoms with van der Waals surface area (Å²) in [5.74, 6) is 0.147. The highest BCUT2D eigenvalue weighted by molar-refractivity contribution is 5.90. The number of anilines is 1. The van der Waals surface area contributed by atoms with Crippen LogP contribution in [0.3, 0.4) is 0 Å². The van der Waals surface area contributed by atoms with Gasteiger partial charge in [0.25, 0.3) is 0 Å². The molecule has 0 aliphatic carbocycles. The Labute approximate surface area is 200 Å². The van der Waals surface area contributed by atoms with Crippen molar-refractivity contribution in [1.29, 1.82) is 0 Å². The maximum absolute atomic E-state index is 11.9. The van der Waals surface area contributed by atoms with Gasteiger partial charge >= 0.3 is 0 Å². The van der Waals surface area contributed by atoms with Crippen molar-refractivity contribution in [3.05, 3.63) is 30.3 Å². The molecule has 0 saturated carbocycles. The molecule has 1 rings (SSSR count).